The van der Waals surface area contributed by atoms with Crippen LogP contribution in [-0.2, 0) is 9.59 Å². The molecule has 7 heteroatoms. The first-order valence-electron chi connectivity index (χ1n) is 8.14. The minimum absolute atomic E-state index is 0.0953. The highest BCUT2D eigenvalue weighted by atomic mass is 79.9. The summed E-state index contributed by atoms with van der Waals surface area (Å²) in [5.41, 5.74) is 1.41. The van der Waals surface area contributed by atoms with Gasteiger partial charge in [0, 0.05) is 23.4 Å². The zero-order valence-electron chi connectivity index (χ0n) is 14.0. The Labute approximate surface area is 160 Å². The Morgan fingerprint density at radius 3 is 3.00 bits per heavy atom. The van der Waals surface area contributed by atoms with E-state index >= 15 is 0 Å². The maximum Gasteiger partial charge on any atom is 0.230 e. The van der Waals surface area contributed by atoms with Crippen molar-refractivity contribution in [3.8, 4) is 6.07 Å². The summed E-state index contributed by atoms with van der Waals surface area (Å²) in [4.78, 5) is 24.0. The fourth-order valence-corrected chi connectivity index (χ4v) is 3.86. The molecule has 1 aromatic rings. The molecule has 0 aromatic heterocycles. The lowest BCUT2D eigenvalue weighted by atomic mass is 9.87. The summed E-state index contributed by atoms with van der Waals surface area (Å²) >= 11 is 4.63. The largest absolute Gasteiger partial charge is 0.355 e. The van der Waals surface area contributed by atoms with E-state index in [4.69, 9.17) is 0 Å². The molecule has 0 spiro atoms. The minimum atomic E-state index is -0.290. The third-order valence-corrected chi connectivity index (χ3v) is 5.32. The first kappa shape index (κ1) is 19.5. The number of rotatable bonds is 7. The van der Waals surface area contributed by atoms with E-state index in [1.165, 1.54) is 11.8 Å². The van der Waals surface area contributed by atoms with Gasteiger partial charge >= 0.3 is 0 Å². The number of carbonyl (C=O) groups excluding carboxylic acids is 2. The lowest BCUT2D eigenvalue weighted by Crippen LogP contribution is -2.32. The molecule has 1 atom stereocenters. The normalized spacial score (nSPS) is 17.0. The quantitative estimate of drug-likeness (QED) is 0.660. The summed E-state index contributed by atoms with van der Waals surface area (Å²) in [5.74, 6) is -0.350. The number of nitrogens with one attached hydrogen (secondary N) is 2. The highest BCUT2D eigenvalue weighted by molar-refractivity contribution is 9.10. The number of thioether (sulfide) groups is 1. The standard InChI is InChI=1S/C18H20BrN3O2S/c1-2-3-7-21-17(24)11-25-18-15(10-20)14(9-16(23)22-18)12-5-4-6-13(19)8-12/h4-6,8,14H,2-3,7,9,11H2,1H3,(H,21,24)(H,22,23)/t14-/m1/s1. The lowest BCUT2D eigenvalue weighted by molar-refractivity contribution is -0.121. The molecule has 5 nitrogen and oxygen atoms in total. The number of amides is 2. The molecule has 0 aliphatic carbocycles. The van der Waals surface area contributed by atoms with Gasteiger partial charge in [-0.15, -0.1) is 0 Å². The Balaban J connectivity index is 2.15. The van der Waals surface area contributed by atoms with Crippen LogP contribution in [0.5, 0.6) is 0 Å². The van der Waals surface area contributed by atoms with Crippen LogP contribution < -0.4 is 10.6 Å². The van der Waals surface area contributed by atoms with E-state index in [0.717, 1.165) is 22.9 Å². The van der Waals surface area contributed by atoms with Gasteiger partial charge in [-0.2, -0.15) is 5.26 Å². The highest BCUT2D eigenvalue weighted by Crippen LogP contribution is 2.36. The Bertz CT molecular complexity index is 727. The number of halogens is 1. The summed E-state index contributed by atoms with van der Waals surface area (Å²) in [6, 6.07) is 9.83. The molecule has 1 heterocycles. The third-order valence-electron chi connectivity index (χ3n) is 3.81. The molecule has 2 rings (SSSR count). The smallest absolute Gasteiger partial charge is 0.230 e. The summed E-state index contributed by atoms with van der Waals surface area (Å²) in [6.45, 7) is 2.71. The van der Waals surface area contributed by atoms with Gasteiger partial charge < -0.3 is 10.6 Å². The summed E-state index contributed by atoms with van der Waals surface area (Å²) < 4.78 is 0.901. The molecule has 0 saturated heterocycles. The second-order valence-electron chi connectivity index (χ2n) is 5.71. The van der Waals surface area contributed by atoms with Gasteiger partial charge in [0.1, 0.15) is 0 Å². The summed E-state index contributed by atoms with van der Waals surface area (Å²) in [7, 11) is 0. The van der Waals surface area contributed by atoms with Crippen molar-refractivity contribution in [3.05, 3.63) is 44.9 Å². The molecular weight excluding hydrogens is 402 g/mol. The number of unbranched alkanes of at least 4 members (excludes halogenated alkanes) is 1. The summed E-state index contributed by atoms with van der Waals surface area (Å²) in [5, 5.41) is 15.7. The molecule has 2 amide bonds. The molecule has 0 radical (unpaired) electrons. The van der Waals surface area contributed by atoms with Crippen LogP contribution >= 0.6 is 27.7 Å². The molecule has 1 aliphatic rings. The van der Waals surface area contributed by atoms with Crippen molar-refractivity contribution in [2.24, 2.45) is 0 Å². The van der Waals surface area contributed by atoms with Crippen LogP contribution in [0.2, 0.25) is 0 Å². The van der Waals surface area contributed by atoms with Gasteiger partial charge in [0.25, 0.3) is 0 Å². The second-order valence-corrected chi connectivity index (χ2v) is 7.61. The molecule has 1 aromatic carbocycles. The molecule has 1 aliphatic heterocycles. The van der Waals surface area contributed by atoms with E-state index in [2.05, 4.69) is 39.6 Å². The van der Waals surface area contributed by atoms with E-state index < -0.39 is 0 Å². The number of hydrogen-bond donors (Lipinski definition) is 2. The molecular formula is C18H20BrN3O2S. The topological polar surface area (TPSA) is 82.0 Å². The van der Waals surface area contributed by atoms with Crippen molar-refractivity contribution in [2.75, 3.05) is 12.3 Å². The first-order valence-corrected chi connectivity index (χ1v) is 9.92. The number of nitrogens with zero attached hydrogens (tertiary/aromatic N) is 1. The van der Waals surface area contributed by atoms with Crippen molar-refractivity contribution in [3.63, 3.8) is 0 Å². The molecule has 132 valence electrons. The molecule has 0 saturated carbocycles. The fraction of sp³-hybridized carbons (Fsp3) is 0.389. The van der Waals surface area contributed by atoms with Gasteiger partial charge in [-0.3, -0.25) is 9.59 Å². The monoisotopic (exact) mass is 421 g/mol. The number of nitriles is 1. The van der Waals surface area contributed by atoms with Crippen molar-refractivity contribution >= 4 is 39.5 Å². The van der Waals surface area contributed by atoms with E-state index in [9.17, 15) is 14.9 Å². The molecule has 0 bridgehead atoms. The SMILES string of the molecule is CCCCNC(=O)CSC1=C(C#N)[C@@H](c2cccc(Br)c2)CC(=O)N1. The fourth-order valence-electron chi connectivity index (χ4n) is 2.53. The zero-order valence-corrected chi connectivity index (χ0v) is 16.4. The number of benzene rings is 1. The zero-order chi connectivity index (χ0) is 18.2. The summed E-state index contributed by atoms with van der Waals surface area (Å²) in [6.07, 6.45) is 2.18. The average molecular weight is 422 g/mol. The van der Waals surface area contributed by atoms with Gasteiger partial charge in [-0.25, -0.2) is 0 Å². The first-order chi connectivity index (χ1) is 12.0. The van der Waals surface area contributed by atoms with Crippen LogP contribution in [0.15, 0.2) is 39.3 Å². The number of allylic oxidation sites excluding steroid dienone is 1. The van der Waals surface area contributed by atoms with Gasteiger partial charge in [0.15, 0.2) is 0 Å². The molecule has 2 N–H and O–H groups in total. The van der Waals surface area contributed by atoms with Crippen LogP contribution in [-0.4, -0.2) is 24.1 Å². The predicted octanol–water partition coefficient (Wildman–Crippen LogP) is 3.44. The van der Waals surface area contributed by atoms with Crippen LogP contribution in [0, 0.1) is 11.3 Å². The Kier molecular flexibility index (Phi) is 7.53. The van der Waals surface area contributed by atoms with Crippen molar-refractivity contribution in [2.45, 2.75) is 32.1 Å². The van der Waals surface area contributed by atoms with Gasteiger partial charge in [0.2, 0.25) is 11.8 Å². The lowest BCUT2D eigenvalue weighted by Gasteiger charge is -2.25. The molecule has 0 fully saturated rings. The maximum atomic E-state index is 12.1. The van der Waals surface area contributed by atoms with Gasteiger partial charge in [-0.1, -0.05) is 53.2 Å². The Morgan fingerprint density at radius 2 is 2.32 bits per heavy atom. The van der Waals surface area contributed by atoms with Crippen LogP contribution in [0.25, 0.3) is 0 Å². The maximum absolute atomic E-state index is 12.1. The van der Waals surface area contributed by atoms with Crippen LogP contribution in [0.1, 0.15) is 37.7 Å². The molecule has 0 unspecified atom stereocenters. The Morgan fingerprint density at radius 1 is 1.52 bits per heavy atom. The van der Waals surface area contributed by atoms with E-state index in [-0.39, 0.29) is 29.9 Å². The van der Waals surface area contributed by atoms with E-state index in [1.807, 2.05) is 24.3 Å². The van der Waals surface area contributed by atoms with Gasteiger partial charge in [-0.05, 0) is 24.1 Å². The van der Waals surface area contributed by atoms with Crippen molar-refractivity contribution in [1.29, 1.82) is 5.26 Å². The van der Waals surface area contributed by atoms with Crippen LogP contribution in [0.4, 0.5) is 0 Å². The second kappa shape index (κ2) is 9.64. The van der Waals surface area contributed by atoms with Gasteiger partial charge in [0.05, 0.1) is 22.4 Å². The van der Waals surface area contributed by atoms with E-state index in [1.54, 1.807) is 0 Å². The van der Waals surface area contributed by atoms with Crippen molar-refractivity contribution in [1.82, 2.24) is 10.6 Å². The highest BCUT2D eigenvalue weighted by Gasteiger charge is 2.29. The minimum Gasteiger partial charge on any atom is -0.355 e. The molecule has 25 heavy (non-hydrogen) atoms. The Hall–Kier alpha value is -1.78. The predicted molar refractivity (Wildman–Crippen MR) is 103 cm³/mol. The van der Waals surface area contributed by atoms with Crippen LogP contribution in [0.3, 0.4) is 0 Å². The number of hydrogen-bond acceptors (Lipinski definition) is 4. The number of carbonyl (C=O) groups is 2. The van der Waals surface area contributed by atoms with Crippen molar-refractivity contribution < 1.29 is 9.59 Å². The third kappa shape index (κ3) is 5.62. The van der Waals surface area contributed by atoms with E-state index in [0.29, 0.717) is 17.1 Å². The average Bonchev–Trinajstić information content (AvgIpc) is 2.59.